The minimum atomic E-state index is -4.54. The molecule has 2 aromatic rings. The van der Waals surface area contributed by atoms with E-state index in [0.717, 1.165) is 30.4 Å². The van der Waals surface area contributed by atoms with Crippen LogP contribution in [-0.4, -0.2) is 39.2 Å². The lowest BCUT2D eigenvalue weighted by Gasteiger charge is -2.24. The van der Waals surface area contributed by atoms with Gasteiger partial charge >= 0.3 is 6.18 Å². The van der Waals surface area contributed by atoms with E-state index >= 15 is 0 Å². The Kier molecular flexibility index (Phi) is 5.90. The van der Waals surface area contributed by atoms with Crippen LogP contribution >= 0.6 is 0 Å². The molecule has 29 heavy (non-hydrogen) atoms. The van der Waals surface area contributed by atoms with E-state index in [1.807, 2.05) is 13.8 Å². The third-order valence-corrected chi connectivity index (χ3v) is 4.71. The van der Waals surface area contributed by atoms with Gasteiger partial charge in [0.05, 0.1) is 23.0 Å². The Bertz CT molecular complexity index is 890. The number of halogens is 3. The summed E-state index contributed by atoms with van der Waals surface area (Å²) in [7, 11) is 0. The van der Waals surface area contributed by atoms with Crippen LogP contribution in [0.5, 0.6) is 0 Å². The van der Waals surface area contributed by atoms with Crippen molar-refractivity contribution in [3.63, 3.8) is 0 Å². The molecule has 1 atom stereocenters. The Morgan fingerprint density at radius 3 is 2.62 bits per heavy atom. The first-order valence-electron chi connectivity index (χ1n) is 9.32. The molecule has 0 fully saturated rings. The lowest BCUT2D eigenvalue weighted by Crippen LogP contribution is -2.35. The average molecular weight is 409 g/mol. The van der Waals surface area contributed by atoms with E-state index in [0.29, 0.717) is 25.1 Å². The van der Waals surface area contributed by atoms with E-state index in [9.17, 15) is 22.8 Å². The van der Waals surface area contributed by atoms with Gasteiger partial charge in [-0.1, -0.05) is 0 Å². The molecule has 3 heterocycles. The molecule has 1 aliphatic rings. The number of rotatable bonds is 5. The molecule has 156 valence electrons. The van der Waals surface area contributed by atoms with Crippen LogP contribution in [0.1, 0.15) is 52.4 Å². The predicted octanol–water partition coefficient (Wildman–Crippen LogP) is 2.43. The van der Waals surface area contributed by atoms with Crippen LogP contribution in [0.4, 0.5) is 13.2 Å². The lowest BCUT2D eigenvalue weighted by atomic mass is 9.94. The van der Waals surface area contributed by atoms with Gasteiger partial charge in [-0.3, -0.25) is 19.3 Å². The van der Waals surface area contributed by atoms with Crippen LogP contribution in [0.2, 0.25) is 0 Å². The van der Waals surface area contributed by atoms with E-state index in [-0.39, 0.29) is 23.4 Å². The first kappa shape index (κ1) is 20.8. The van der Waals surface area contributed by atoms with Crippen LogP contribution in [0.15, 0.2) is 24.5 Å². The van der Waals surface area contributed by atoms with Gasteiger partial charge in [-0.25, -0.2) is 0 Å². The molecule has 2 amide bonds. The Labute approximate surface area is 165 Å². The highest BCUT2D eigenvalue weighted by Gasteiger charge is 2.32. The third kappa shape index (κ3) is 4.93. The average Bonchev–Trinajstić information content (AvgIpc) is 3.08. The van der Waals surface area contributed by atoms with Crippen LogP contribution in [0.25, 0.3) is 0 Å². The third-order valence-electron chi connectivity index (χ3n) is 4.71. The van der Waals surface area contributed by atoms with Crippen molar-refractivity contribution in [2.45, 2.75) is 45.5 Å². The molecule has 0 radical (unpaired) electrons. The minimum Gasteiger partial charge on any atom is -0.352 e. The molecule has 2 aromatic heterocycles. The molecular weight excluding hydrogens is 387 g/mol. The second-order valence-corrected chi connectivity index (χ2v) is 7.35. The van der Waals surface area contributed by atoms with Gasteiger partial charge < -0.3 is 10.6 Å². The number of alkyl halides is 3. The molecule has 10 heteroatoms. The fourth-order valence-corrected chi connectivity index (χ4v) is 3.24. The number of amides is 2. The molecule has 0 saturated heterocycles. The molecule has 0 bridgehead atoms. The normalized spacial score (nSPS) is 16.4. The summed E-state index contributed by atoms with van der Waals surface area (Å²) in [5.74, 6) is -0.569. The second-order valence-electron chi connectivity index (χ2n) is 7.35. The van der Waals surface area contributed by atoms with Gasteiger partial charge in [-0.05, 0) is 44.7 Å². The van der Waals surface area contributed by atoms with Crippen molar-refractivity contribution in [2.24, 2.45) is 5.92 Å². The molecule has 0 aliphatic carbocycles. The summed E-state index contributed by atoms with van der Waals surface area (Å²) in [5, 5.41) is 9.85. The molecule has 0 aromatic carbocycles. The molecule has 3 rings (SSSR count). The van der Waals surface area contributed by atoms with Crippen molar-refractivity contribution in [1.82, 2.24) is 25.4 Å². The maximum Gasteiger partial charge on any atom is 0.433 e. The van der Waals surface area contributed by atoms with Crippen LogP contribution in [-0.2, 0) is 19.1 Å². The number of nitrogens with one attached hydrogen (secondary N) is 2. The van der Waals surface area contributed by atoms with Crippen LogP contribution < -0.4 is 10.6 Å². The molecule has 0 saturated carbocycles. The Balaban J connectivity index is 1.60. The predicted molar refractivity (Wildman–Crippen MR) is 98.2 cm³/mol. The van der Waals surface area contributed by atoms with Gasteiger partial charge in [0.25, 0.3) is 11.8 Å². The van der Waals surface area contributed by atoms with Gasteiger partial charge in [0.2, 0.25) is 0 Å². The fourth-order valence-electron chi connectivity index (χ4n) is 3.24. The first-order chi connectivity index (χ1) is 13.6. The highest BCUT2D eigenvalue weighted by atomic mass is 19.4. The van der Waals surface area contributed by atoms with Gasteiger partial charge in [-0.15, -0.1) is 0 Å². The zero-order chi connectivity index (χ0) is 21.2. The summed E-state index contributed by atoms with van der Waals surface area (Å²) in [6, 6.07) is 1.90. The Morgan fingerprint density at radius 2 is 2.00 bits per heavy atom. The molecule has 0 unspecified atom stereocenters. The fraction of sp³-hybridized carbons (Fsp3) is 0.474. The second kappa shape index (κ2) is 8.22. The van der Waals surface area contributed by atoms with E-state index in [4.69, 9.17) is 0 Å². The number of carbonyl (C=O) groups is 2. The smallest absolute Gasteiger partial charge is 0.352 e. The number of hydrogen-bond donors (Lipinski definition) is 2. The van der Waals surface area contributed by atoms with Crippen molar-refractivity contribution < 1.29 is 22.8 Å². The van der Waals surface area contributed by atoms with Crippen molar-refractivity contribution in [2.75, 3.05) is 6.54 Å². The molecular formula is C19H22F3N5O2. The van der Waals surface area contributed by atoms with E-state index in [1.165, 1.54) is 0 Å². The van der Waals surface area contributed by atoms with Crippen molar-refractivity contribution in [1.29, 1.82) is 0 Å². The number of nitrogens with zero attached hydrogens (tertiary/aromatic N) is 3. The summed E-state index contributed by atoms with van der Waals surface area (Å²) in [6.07, 6.45) is -0.720. The number of fused-ring (bicyclic) bond motifs is 1. The number of hydrogen-bond acceptors (Lipinski definition) is 4. The zero-order valence-corrected chi connectivity index (χ0v) is 16.1. The van der Waals surface area contributed by atoms with E-state index in [1.54, 1.807) is 10.9 Å². The zero-order valence-electron chi connectivity index (χ0n) is 16.1. The summed E-state index contributed by atoms with van der Waals surface area (Å²) >= 11 is 0. The van der Waals surface area contributed by atoms with Gasteiger partial charge in [0, 0.05) is 25.3 Å². The van der Waals surface area contributed by atoms with Gasteiger partial charge in [0.15, 0.2) is 0 Å². The van der Waals surface area contributed by atoms with Crippen molar-refractivity contribution in [3.8, 4) is 0 Å². The number of aromatic nitrogens is 3. The highest BCUT2D eigenvalue weighted by Crippen LogP contribution is 2.27. The number of carbonyl (C=O) groups excluding carboxylic acids is 2. The molecule has 0 spiro atoms. The summed E-state index contributed by atoms with van der Waals surface area (Å²) in [4.78, 5) is 27.9. The van der Waals surface area contributed by atoms with Gasteiger partial charge in [-0.2, -0.15) is 18.3 Å². The van der Waals surface area contributed by atoms with E-state index in [2.05, 4.69) is 20.7 Å². The molecule has 7 nitrogen and oxygen atoms in total. The standard InChI is InChI=1S/C19H22F3N5O2/c1-11(2)26-18(29)14-10-25-27-6-5-12(7-15(14)27)8-24-17(28)13-3-4-16(23-9-13)19(20,21)22/h3-4,9-12H,5-8H2,1-2H3,(H,24,28)(H,26,29)/t12-/m1/s1. The molecule has 1 aliphatic heterocycles. The largest absolute Gasteiger partial charge is 0.433 e. The number of pyridine rings is 1. The maximum atomic E-state index is 12.6. The van der Waals surface area contributed by atoms with Crippen molar-refractivity contribution >= 4 is 11.8 Å². The Hall–Kier alpha value is -2.91. The van der Waals surface area contributed by atoms with Crippen LogP contribution in [0.3, 0.4) is 0 Å². The summed E-state index contributed by atoms with van der Waals surface area (Å²) in [5.41, 5.74) is 0.379. The lowest BCUT2D eigenvalue weighted by molar-refractivity contribution is -0.141. The summed E-state index contributed by atoms with van der Waals surface area (Å²) in [6.45, 7) is 4.73. The van der Waals surface area contributed by atoms with Gasteiger partial charge in [0.1, 0.15) is 5.69 Å². The SMILES string of the molecule is CC(C)NC(=O)c1cnn2c1C[C@H](CNC(=O)c1ccc(C(F)(F)F)nc1)CC2. The molecule has 2 N–H and O–H groups in total. The monoisotopic (exact) mass is 409 g/mol. The minimum absolute atomic E-state index is 0.00840. The summed E-state index contributed by atoms with van der Waals surface area (Å²) < 4.78 is 39.5. The highest BCUT2D eigenvalue weighted by molar-refractivity contribution is 5.95. The van der Waals surface area contributed by atoms with Crippen LogP contribution in [0, 0.1) is 5.92 Å². The Morgan fingerprint density at radius 1 is 1.24 bits per heavy atom. The maximum absolute atomic E-state index is 12.6. The van der Waals surface area contributed by atoms with E-state index < -0.39 is 17.8 Å². The van der Waals surface area contributed by atoms with Crippen molar-refractivity contribution in [3.05, 3.63) is 47.0 Å². The quantitative estimate of drug-likeness (QED) is 0.794. The number of aryl methyl sites for hydroxylation is 1. The first-order valence-corrected chi connectivity index (χ1v) is 9.32. The topological polar surface area (TPSA) is 88.9 Å².